The lowest BCUT2D eigenvalue weighted by molar-refractivity contribution is 0.0734. The summed E-state index contributed by atoms with van der Waals surface area (Å²) in [7, 11) is 0. The van der Waals surface area contributed by atoms with Crippen molar-refractivity contribution in [2.75, 3.05) is 13.1 Å². The summed E-state index contributed by atoms with van der Waals surface area (Å²) >= 11 is 5.97. The first-order chi connectivity index (χ1) is 8.63. The number of amides is 1. The van der Waals surface area contributed by atoms with Gasteiger partial charge in [-0.15, -0.1) is 0 Å². The maximum atomic E-state index is 12.4. The predicted octanol–water partition coefficient (Wildman–Crippen LogP) is 3.63. The van der Waals surface area contributed by atoms with E-state index in [9.17, 15) is 4.79 Å². The summed E-state index contributed by atoms with van der Waals surface area (Å²) in [5.41, 5.74) is 0.493. The highest BCUT2D eigenvalue weighted by atomic mass is 35.5. The molecule has 1 heterocycles. The number of carbonyl (C=O) groups excluding carboxylic acids is 1. The van der Waals surface area contributed by atoms with Crippen molar-refractivity contribution in [3.63, 3.8) is 0 Å². The molecule has 0 N–H and O–H groups in total. The fourth-order valence-corrected chi connectivity index (χ4v) is 2.13. The van der Waals surface area contributed by atoms with Gasteiger partial charge in [-0.3, -0.25) is 4.79 Å². The van der Waals surface area contributed by atoms with Crippen LogP contribution in [0, 0.1) is 5.92 Å². The Labute approximate surface area is 114 Å². The monoisotopic (exact) mass is 268 g/mol. The molecule has 0 fully saturated rings. The van der Waals surface area contributed by atoms with Crippen molar-refractivity contribution < 1.29 is 4.79 Å². The number of hydrogen-bond donors (Lipinski definition) is 0. The van der Waals surface area contributed by atoms with Crippen LogP contribution in [0.1, 0.15) is 44.0 Å². The summed E-state index contributed by atoms with van der Waals surface area (Å²) in [6.45, 7) is 7.78. The first-order valence-corrected chi connectivity index (χ1v) is 6.91. The minimum Gasteiger partial charge on any atom is -0.339 e. The molecule has 0 atom stereocenters. The van der Waals surface area contributed by atoms with E-state index in [1.54, 1.807) is 18.3 Å². The lowest BCUT2D eigenvalue weighted by Crippen LogP contribution is -2.35. The molecule has 100 valence electrons. The molecule has 0 radical (unpaired) electrons. The number of hydrogen-bond acceptors (Lipinski definition) is 2. The average molecular weight is 269 g/mol. The second-order valence-corrected chi connectivity index (χ2v) is 4.73. The Morgan fingerprint density at radius 3 is 2.56 bits per heavy atom. The van der Waals surface area contributed by atoms with Crippen molar-refractivity contribution in [2.45, 2.75) is 33.6 Å². The summed E-state index contributed by atoms with van der Waals surface area (Å²) in [5.74, 6) is 0.520. The van der Waals surface area contributed by atoms with Crippen molar-refractivity contribution in [3.8, 4) is 0 Å². The van der Waals surface area contributed by atoms with Gasteiger partial charge in [0.1, 0.15) is 5.15 Å². The van der Waals surface area contributed by atoms with Crippen molar-refractivity contribution in [1.82, 2.24) is 9.88 Å². The van der Waals surface area contributed by atoms with Crippen LogP contribution in [0.3, 0.4) is 0 Å². The molecule has 1 aromatic rings. The molecule has 4 heteroatoms. The van der Waals surface area contributed by atoms with Crippen LogP contribution < -0.4 is 0 Å². The van der Waals surface area contributed by atoms with Gasteiger partial charge in [-0.1, -0.05) is 38.3 Å². The van der Waals surface area contributed by atoms with Crippen LogP contribution in [0.4, 0.5) is 0 Å². The molecule has 0 unspecified atom stereocenters. The van der Waals surface area contributed by atoms with E-state index in [-0.39, 0.29) is 11.1 Å². The third-order valence-electron chi connectivity index (χ3n) is 3.29. The van der Waals surface area contributed by atoms with Gasteiger partial charge in [0, 0.05) is 19.3 Å². The number of carbonyl (C=O) groups is 1. The highest BCUT2D eigenvalue weighted by Gasteiger charge is 2.19. The molecule has 0 spiro atoms. The zero-order valence-corrected chi connectivity index (χ0v) is 12.1. The number of halogens is 1. The van der Waals surface area contributed by atoms with Crippen LogP contribution in [0.25, 0.3) is 0 Å². The normalized spacial score (nSPS) is 10.7. The minimum atomic E-state index is -0.0255. The molecule has 0 bridgehead atoms. The largest absolute Gasteiger partial charge is 0.339 e. The van der Waals surface area contributed by atoms with Crippen LogP contribution in [0.2, 0.25) is 5.15 Å². The van der Waals surface area contributed by atoms with Gasteiger partial charge in [-0.25, -0.2) is 4.98 Å². The Morgan fingerprint density at radius 2 is 2.06 bits per heavy atom. The Hall–Kier alpha value is -1.09. The first kappa shape index (κ1) is 15.0. The van der Waals surface area contributed by atoms with E-state index in [1.807, 2.05) is 11.8 Å². The van der Waals surface area contributed by atoms with Gasteiger partial charge < -0.3 is 4.90 Å². The number of nitrogens with zero attached hydrogens (tertiary/aromatic N) is 2. The van der Waals surface area contributed by atoms with Gasteiger partial charge in [0.15, 0.2) is 0 Å². The van der Waals surface area contributed by atoms with Crippen LogP contribution in [-0.4, -0.2) is 28.9 Å². The van der Waals surface area contributed by atoms with E-state index in [4.69, 9.17) is 11.6 Å². The molecule has 0 aliphatic rings. The summed E-state index contributed by atoms with van der Waals surface area (Å²) in [5, 5.41) is 0.283. The average Bonchev–Trinajstić information content (AvgIpc) is 2.40. The number of rotatable bonds is 6. The zero-order valence-electron chi connectivity index (χ0n) is 11.3. The van der Waals surface area contributed by atoms with E-state index in [2.05, 4.69) is 18.8 Å². The number of aromatic nitrogens is 1. The highest BCUT2D eigenvalue weighted by molar-refractivity contribution is 6.32. The SMILES string of the molecule is CCC(CC)CN(CC)C(=O)c1cccnc1Cl. The topological polar surface area (TPSA) is 33.2 Å². The predicted molar refractivity (Wildman–Crippen MR) is 74.9 cm³/mol. The van der Waals surface area contributed by atoms with Crippen molar-refractivity contribution >= 4 is 17.5 Å². The third-order valence-corrected chi connectivity index (χ3v) is 3.59. The Balaban J connectivity index is 2.83. The highest BCUT2D eigenvalue weighted by Crippen LogP contribution is 2.17. The number of pyridine rings is 1. The standard InChI is InChI=1S/C14H21ClN2O/c1-4-11(5-2)10-17(6-3)14(18)12-8-7-9-16-13(12)15/h7-9,11H,4-6,10H2,1-3H3. The van der Waals surface area contributed by atoms with E-state index in [1.165, 1.54) is 0 Å². The lowest BCUT2D eigenvalue weighted by Gasteiger charge is -2.25. The summed E-state index contributed by atoms with van der Waals surface area (Å²) < 4.78 is 0. The van der Waals surface area contributed by atoms with Crippen LogP contribution in [0.5, 0.6) is 0 Å². The van der Waals surface area contributed by atoms with Crippen LogP contribution in [0.15, 0.2) is 18.3 Å². The summed E-state index contributed by atoms with van der Waals surface area (Å²) in [6.07, 6.45) is 3.76. The smallest absolute Gasteiger partial charge is 0.256 e. The third kappa shape index (κ3) is 3.70. The maximum absolute atomic E-state index is 12.4. The van der Waals surface area contributed by atoms with E-state index in [0.717, 1.165) is 19.4 Å². The van der Waals surface area contributed by atoms with E-state index < -0.39 is 0 Å². The summed E-state index contributed by atoms with van der Waals surface area (Å²) in [4.78, 5) is 18.2. The van der Waals surface area contributed by atoms with Gasteiger partial charge in [0.05, 0.1) is 5.56 Å². The van der Waals surface area contributed by atoms with Gasteiger partial charge >= 0.3 is 0 Å². The molecule has 1 aromatic heterocycles. The van der Waals surface area contributed by atoms with Crippen molar-refractivity contribution in [3.05, 3.63) is 29.0 Å². The molecule has 1 amide bonds. The van der Waals surface area contributed by atoms with Gasteiger partial charge in [-0.05, 0) is 25.0 Å². The fraction of sp³-hybridized carbons (Fsp3) is 0.571. The second-order valence-electron chi connectivity index (χ2n) is 4.37. The van der Waals surface area contributed by atoms with Crippen LogP contribution in [-0.2, 0) is 0 Å². The molecule has 0 aromatic carbocycles. The molecule has 3 nitrogen and oxygen atoms in total. The van der Waals surface area contributed by atoms with E-state index >= 15 is 0 Å². The van der Waals surface area contributed by atoms with Gasteiger partial charge in [0.2, 0.25) is 0 Å². The Bertz CT molecular complexity index is 391. The fourth-order valence-electron chi connectivity index (χ4n) is 1.93. The molecule has 0 aliphatic heterocycles. The molecular weight excluding hydrogens is 248 g/mol. The van der Waals surface area contributed by atoms with E-state index in [0.29, 0.717) is 18.0 Å². The minimum absolute atomic E-state index is 0.0255. The second kappa shape index (κ2) is 7.37. The Kier molecular flexibility index (Phi) is 6.13. The Morgan fingerprint density at radius 1 is 1.39 bits per heavy atom. The lowest BCUT2D eigenvalue weighted by atomic mass is 10.0. The summed E-state index contributed by atoms with van der Waals surface area (Å²) in [6, 6.07) is 3.47. The molecule has 0 saturated heterocycles. The molecule has 0 saturated carbocycles. The van der Waals surface area contributed by atoms with Crippen molar-refractivity contribution in [2.24, 2.45) is 5.92 Å². The van der Waals surface area contributed by atoms with Crippen molar-refractivity contribution in [1.29, 1.82) is 0 Å². The quantitative estimate of drug-likeness (QED) is 0.738. The molecule has 0 aliphatic carbocycles. The molecule has 1 rings (SSSR count). The maximum Gasteiger partial charge on any atom is 0.256 e. The van der Waals surface area contributed by atoms with Gasteiger partial charge in [-0.2, -0.15) is 0 Å². The van der Waals surface area contributed by atoms with Gasteiger partial charge in [0.25, 0.3) is 5.91 Å². The molecule has 18 heavy (non-hydrogen) atoms. The first-order valence-electron chi connectivity index (χ1n) is 6.53. The zero-order chi connectivity index (χ0) is 13.5. The van der Waals surface area contributed by atoms with Crippen LogP contribution >= 0.6 is 11.6 Å². The molecular formula is C14H21ClN2O.